The summed E-state index contributed by atoms with van der Waals surface area (Å²) in [6, 6.07) is 33.0. The van der Waals surface area contributed by atoms with Crippen LogP contribution in [0.5, 0.6) is 11.5 Å². The van der Waals surface area contributed by atoms with Crippen LogP contribution in [-0.2, 0) is 6.54 Å². The summed E-state index contributed by atoms with van der Waals surface area (Å²) >= 11 is 0. The molecule has 4 aromatic rings. The lowest BCUT2D eigenvalue weighted by atomic mass is 10.1. The fraction of sp³-hybridized carbons (Fsp3) is 0.103. The third-order valence-electron chi connectivity index (χ3n) is 5.20. The molecule has 0 saturated heterocycles. The largest absolute Gasteiger partial charge is 0.490 e. The Bertz CT molecular complexity index is 1260. The number of hydrogen-bond acceptors (Lipinski definition) is 4. The Morgan fingerprint density at radius 2 is 1.20 bits per heavy atom. The maximum Gasteiger partial charge on any atom is 0.259 e. The van der Waals surface area contributed by atoms with E-state index in [9.17, 15) is 9.59 Å². The van der Waals surface area contributed by atoms with Gasteiger partial charge in [0, 0.05) is 6.54 Å². The van der Waals surface area contributed by atoms with Crippen LogP contribution in [0.25, 0.3) is 0 Å². The number of carbonyl (C=O) groups is 2. The molecule has 0 spiro atoms. The van der Waals surface area contributed by atoms with E-state index in [-0.39, 0.29) is 18.4 Å². The van der Waals surface area contributed by atoms with Crippen molar-refractivity contribution in [2.45, 2.75) is 6.54 Å². The molecule has 4 rings (SSSR count). The Kier molecular flexibility index (Phi) is 8.11. The van der Waals surface area contributed by atoms with Crippen molar-refractivity contribution >= 4 is 17.5 Å². The molecule has 0 aliphatic rings. The number of rotatable bonds is 10. The number of para-hydroxylation sites is 3. The molecule has 0 atom stereocenters. The lowest BCUT2D eigenvalue weighted by Crippen LogP contribution is -2.25. The summed E-state index contributed by atoms with van der Waals surface area (Å²) in [6.07, 6.45) is 0. The summed E-state index contributed by atoms with van der Waals surface area (Å²) in [7, 11) is 0. The van der Waals surface area contributed by atoms with Gasteiger partial charge in [0.05, 0.1) is 16.8 Å². The molecule has 0 radical (unpaired) electrons. The minimum absolute atomic E-state index is 0.271. The van der Waals surface area contributed by atoms with Crippen molar-refractivity contribution in [3.63, 3.8) is 0 Å². The number of ether oxygens (including phenoxy) is 2. The molecule has 6 nitrogen and oxygen atoms in total. The molecule has 6 heteroatoms. The lowest BCUT2D eigenvalue weighted by molar-refractivity contribution is 0.0952. The zero-order chi connectivity index (χ0) is 24.3. The molecule has 0 saturated carbocycles. The van der Waals surface area contributed by atoms with Crippen molar-refractivity contribution in [1.82, 2.24) is 5.32 Å². The standard InChI is InChI=1S/C29H26N2O4/c32-28(30-21-22-11-3-1-4-12-22)24-15-7-9-17-26(24)31-29(33)25-16-8-10-18-27(25)35-20-19-34-23-13-5-2-6-14-23/h1-18H,19-21H2,(H,30,32)(H,31,33). The molecule has 35 heavy (non-hydrogen) atoms. The topological polar surface area (TPSA) is 76.7 Å². The molecule has 4 aromatic carbocycles. The zero-order valence-corrected chi connectivity index (χ0v) is 19.1. The fourth-order valence-corrected chi connectivity index (χ4v) is 3.46. The number of carbonyl (C=O) groups excluding carboxylic acids is 2. The Hall–Kier alpha value is -4.58. The molecular weight excluding hydrogens is 440 g/mol. The van der Waals surface area contributed by atoms with Crippen LogP contribution in [0.3, 0.4) is 0 Å². The summed E-state index contributed by atoms with van der Waals surface area (Å²) in [5.41, 5.74) is 2.16. The number of anilines is 1. The summed E-state index contributed by atoms with van der Waals surface area (Å²) in [5, 5.41) is 5.75. The first kappa shape index (κ1) is 23.6. The van der Waals surface area contributed by atoms with Crippen molar-refractivity contribution in [2.24, 2.45) is 0 Å². The van der Waals surface area contributed by atoms with E-state index in [0.717, 1.165) is 11.3 Å². The molecule has 2 amide bonds. The normalized spacial score (nSPS) is 10.3. The van der Waals surface area contributed by atoms with Crippen LogP contribution in [0.1, 0.15) is 26.3 Å². The number of amides is 2. The van der Waals surface area contributed by atoms with Crippen molar-refractivity contribution in [1.29, 1.82) is 0 Å². The highest BCUT2D eigenvalue weighted by Gasteiger charge is 2.17. The van der Waals surface area contributed by atoms with E-state index in [1.807, 2.05) is 60.7 Å². The van der Waals surface area contributed by atoms with Crippen molar-refractivity contribution in [2.75, 3.05) is 18.5 Å². The van der Waals surface area contributed by atoms with E-state index >= 15 is 0 Å². The number of hydrogen-bond donors (Lipinski definition) is 2. The highest BCUT2D eigenvalue weighted by molar-refractivity contribution is 6.10. The van der Waals surface area contributed by atoms with Crippen LogP contribution in [0, 0.1) is 0 Å². The first-order valence-corrected chi connectivity index (χ1v) is 11.3. The molecular formula is C29H26N2O4. The number of benzene rings is 4. The van der Waals surface area contributed by atoms with E-state index in [1.54, 1.807) is 48.5 Å². The quantitative estimate of drug-likeness (QED) is 0.310. The van der Waals surface area contributed by atoms with E-state index in [1.165, 1.54) is 0 Å². The first-order chi connectivity index (χ1) is 17.2. The van der Waals surface area contributed by atoms with E-state index in [2.05, 4.69) is 10.6 Å². The van der Waals surface area contributed by atoms with Gasteiger partial charge in [-0.3, -0.25) is 9.59 Å². The third kappa shape index (κ3) is 6.71. The molecule has 0 aliphatic heterocycles. The second-order valence-electron chi connectivity index (χ2n) is 7.67. The molecule has 0 aromatic heterocycles. The van der Waals surface area contributed by atoms with Crippen molar-refractivity contribution in [3.8, 4) is 11.5 Å². The van der Waals surface area contributed by atoms with Gasteiger partial charge in [0.25, 0.3) is 11.8 Å². The first-order valence-electron chi connectivity index (χ1n) is 11.3. The van der Waals surface area contributed by atoms with E-state index in [4.69, 9.17) is 9.47 Å². The Morgan fingerprint density at radius 1 is 0.600 bits per heavy atom. The average Bonchev–Trinajstić information content (AvgIpc) is 2.91. The van der Waals surface area contributed by atoms with Gasteiger partial charge in [-0.15, -0.1) is 0 Å². The van der Waals surface area contributed by atoms with Crippen molar-refractivity contribution < 1.29 is 19.1 Å². The van der Waals surface area contributed by atoms with Crippen LogP contribution in [0.4, 0.5) is 5.69 Å². The lowest BCUT2D eigenvalue weighted by Gasteiger charge is -2.14. The van der Waals surface area contributed by atoms with Gasteiger partial charge >= 0.3 is 0 Å². The van der Waals surface area contributed by atoms with Gasteiger partial charge < -0.3 is 20.1 Å². The zero-order valence-electron chi connectivity index (χ0n) is 19.1. The van der Waals surface area contributed by atoms with Gasteiger partial charge in [-0.2, -0.15) is 0 Å². The average molecular weight is 467 g/mol. The SMILES string of the molecule is O=C(NCc1ccccc1)c1ccccc1NC(=O)c1ccccc1OCCOc1ccccc1. The van der Waals surface area contributed by atoms with Crippen LogP contribution in [0.2, 0.25) is 0 Å². The summed E-state index contributed by atoms with van der Waals surface area (Å²) in [5.74, 6) is 0.553. The minimum atomic E-state index is -0.368. The van der Waals surface area contributed by atoms with Gasteiger partial charge in [0.2, 0.25) is 0 Å². The molecule has 0 bridgehead atoms. The maximum absolute atomic E-state index is 13.1. The van der Waals surface area contributed by atoms with Gasteiger partial charge in [-0.25, -0.2) is 0 Å². The minimum Gasteiger partial charge on any atom is -0.490 e. The fourth-order valence-electron chi connectivity index (χ4n) is 3.46. The van der Waals surface area contributed by atoms with Crippen LogP contribution in [-0.4, -0.2) is 25.0 Å². The Balaban J connectivity index is 1.38. The number of nitrogens with one attached hydrogen (secondary N) is 2. The smallest absolute Gasteiger partial charge is 0.259 e. The predicted molar refractivity (Wildman–Crippen MR) is 136 cm³/mol. The molecule has 0 heterocycles. The predicted octanol–water partition coefficient (Wildman–Crippen LogP) is 5.33. The summed E-state index contributed by atoms with van der Waals surface area (Å²) in [4.78, 5) is 25.9. The van der Waals surface area contributed by atoms with Gasteiger partial charge in [0.1, 0.15) is 24.7 Å². The van der Waals surface area contributed by atoms with Gasteiger partial charge in [-0.05, 0) is 42.0 Å². The van der Waals surface area contributed by atoms with E-state index in [0.29, 0.717) is 35.7 Å². The second-order valence-corrected chi connectivity index (χ2v) is 7.67. The molecule has 0 fully saturated rings. The Labute approximate surface area is 204 Å². The van der Waals surface area contributed by atoms with Crippen LogP contribution in [0.15, 0.2) is 109 Å². The third-order valence-corrected chi connectivity index (χ3v) is 5.20. The van der Waals surface area contributed by atoms with E-state index < -0.39 is 0 Å². The maximum atomic E-state index is 13.1. The molecule has 176 valence electrons. The highest BCUT2D eigenvalue weighted by atomic mass is 16.5. The molecule has 0 unspecified atom stereocenters. The van der Waals surface area contributed by atoms with Crippen LogP contribution < -0.4 is 20.1 Å². The summed E-state index contributed by atoms with van der Waals surface area (Å²) in [6.45, 7) is 1.01. The molecule has 0 aliphatic carbocycles. The monoisotopic (exact) mass is 466 g/mol. The highest BCUT2D eigenvalue weighted by Crippen LogP contribution is 2.22. The van der Waals surface area contributed by atoms with Crippen molar-refractivity contribution in [3.05, 3.63) is 126 Å². The molecule has 2 N–H and O–H groups in total. The van der Waals surface area contributed by atoms with Gasteiger partial charge in [-0.1, -0.05) is 72.8 Å². The summed E-state index contributed by atoms with van der Waals surface area (Å²) < 4.78 is 11.5. The second kappa shape index (κ2) is 12.0. The van der Waals surface area contributed by atoms with Crippen LogP contribution >= 0.6 is 0 Å². The van der Waals surface area contributed by atoms with Gasteiger partial charge in [0.15, 0.2) is 0 Å². The Morgan fingerprint density at radius 3 is 1.97 bits per heavy atom.